The summed E-state index contributed by atoms with van der Waals surface area (Å²) in [7, 11) is 0. The number of benzene rings is 1. The highest BCUT2D eigenvalue weighted by atomic mass is 32.1. The van der Waals surface area contributed by atoms with Crippen molar-refractivity contribution in [3.8, 4) is 0 Å². The topological polar surface area (TPSA) is 57.5 Å². The normalized spacial score (nSPS) is 15.8. The van der Waals surface area contributed by atoms with Crippen molar-refractivity contribution in [1.29, 1.82) is 0 Å². The first-order chi connectivity index (χ1) is 14.2. The monoisotopic (exact) mass is 410 g/mol. The molecular weight excluding hydrogens is 380 g/mol. The van der Waals surface area contributed by atoms with Crippen LogP contribution in [0.4, 0.5) is 5.00 Å². The van der Waals surface area contributed by atoms with Gasteiger partial charge in [0.25, 0.3) is 0 Å². The molecule has 7 heteroatoms. The van der Waals surface area contributed by atoms with Crippen LogP contribution >= 0.6 is 11.3 Å². The molecule has 1 aliphatic rings. The Hall–Kier alpha value is -2.54. The fourth-order valence-corrected chi connectivity index (χ4v) is 4.73. The van der Waals surface area contributed by atoms with Crippen LogP contribution in [0, 0.1) is 6.92 Å². The van der Waals surface area contributed by atoms with Crippen molar-refractivity contribution < 1.29 is 0 Å². The van der Waals surface area contributed by atoms with Crippen molar-refractivity contribution >= 4 is 33.3 Å². The summed E-state index contributed by atoms with van der Waals surface area (Å²) in [5.41, 5.74) is 2.23. The van der Waals surface area contributed by atoms with Gasteiger partial charge in [0.1, 0.15) is 5.82 Å². The quantitative estimate of drug-likeness (QED) is 0.481. The minimum absolute atomic E-state index is 0.472. The molecule has 2 aromatic heterocycles. The maximum Gasteiger partial charge on any atom is 0.191 e. The van der Waals surface area contributed by atoms with Gasteiger partial charge in [-0.05, 0) is 56.3 Å². The van der Waals surface area contributed by atoms with Gasteiger partial charge in [-0.1, -0.05) is 12.1 Å². The van der Waals surface area contributed by atoms with Crippen LogP contribution in [0.3, 0.4) is 0 Å². The van der Waals surface area contributed by atoms with Crippen molar-refractivity contribution in [3.05, 3.63) is 47.6 Å². The van der Waals surface area contributed by atoms with E-state index in [4.69, 9.17) is 4.99 Å². The van der Waals surface area contributed by atoms with Gasteiger partial charge in [-0.25, -0.2) is 4.98 Å². The molecule has 0 saturated carbocycles. The molecule has 1 aromatic carbocycles. The lowest BCUT2D eigenvalue weighted by Gasteiger charge is -2.33. The molecule has 0 unspecified atom stereocenters. The number of fused-ring (bicyclic) bond motifs is 1. The van der Waals surface area contributed by atoms with Crippen LogP contribution in [0.5, 0.6) is 0 Å². The number of nitrogens with one attached hydrogen (secondary N) is 2. The highest BCUT2D eigenvalue weighted by Gasteiger charge is 2.20. The summed E-state index contributed by atoms with van der Waals surface area (Å²) in [6.07, 6.45) is 2.27. The number of hydrogen-bond acceptors (Lipinski definition) is 4. The molecule has 154 valence electrons. The molecule has 0 amide bonds. The molecule has 0 atom stereocenters. The van der Waals surface area contributed by atoms with Crippen molar-refractivity contribution in [1.82, 2.24) is 20.2 Å². The summed E-state index contributed by atoms with van der Waals surface area (Å²) < 4.78 is 2.25. The Morgan fingerprint density at radius 2 is 2.03 bits per heavy atom. The zero-order chi connectivity index (χ0) is 20.1. The lowest BCUT2D eigenvalue weighted by Crippen LogP contribution is -2.48. The number of guanidine groups is 1. The summed E-state index contributed by atoms with van der Waals surface area (Å²) in [5, 5.41) is 10.6. The smallest absolute Gasteiger partial charge is 0.191 e. The molecule has 1 fully saturated rings. The first-order valence-electron chi connectivity index (χ1n) is 10.5. The van der Waals surface area contributed by atoms with E-state index in [-0.39, 0.29) is 0 Å². The van der Waals surface area contributed by atoms with Gasteiger partial charge in [-0.15, -0.1) is 11.3 Å². The number of imidazole rings is 1. The molecule has 0 aliphatic carbocycles. The van der Waals surface area contributed by atoms with E-state index >= 15 is 0 Å². The lowest BCUT2D eigenvalue weighted by atomic mass is 10.1. The number of aryl methyl sites for hydroxylation is 1. The van der Waals surface area contributed by atoms with E-state index in [1.165, 1.54) is 10.5 Å². The molecule has 0 radical (unpaired) electrons. The fourth-order valence-electron chi connectivity index (χ4n) is 3.95. The van der Waals surface area contributed by atoms with Gasteiger partial charge < -0.3 is 20.1 Å². The highest BCUT2D eigenvalue weighted by molar-refractivity contribution is 7.14. The standard InChI is InChI=1S/C22H30N6S/c1-3-23-22(26-18-10-13-27(14-11-18)21-9-6-16-29-21)24-12-15-28-17(2)25-19-7-4-5-8-20(19)28/h4-9,16,18H,3,10-15H2,1-2H3,(H2,23,24,26). The number of thiophene rings is 1. The Balaban J connectivity index is 1.34. The zero-order valence-corrected chi connectivity index (χ0v) is 18.1. The van der Waals surface area contributed by atoms with Crippen LogP contribution < -0.4 is 15.5 Å². The SMILES string of the molecule is CCNC(=NCCn1c(C)nc2ccccc21)NC1CCN(c2cccs2)CC1. The first kappa shape index (κ1) is 19.8. The molecule has 4 rings (SSSR count). The Labute approximate surface area is 176 Å². The van der Waals surface area contributed by atoms with Crippen LogP contribution in [0.2, 0.25) is 0 Å². The fraction of sp³-hybridized carbons (Fsp3) is 0.455. The molecule has 1 aliphatic heterocycles. The molecule has 0 bridgehead atoms. The van der Waals surface area contributed by atoms with Crippen molar-refractivity contribution in [2.75, 3.05) is 31.1 Å². The van der Waals surface area contributed by atoms with Crippen LogP contribution in [-0.2, 0) is 6.54 Å². The largest absolute Gasteiger partial charge is 0.363 e. The van der Waals surface area contributed by atoms with E-state index in [1.807, 2.05) is 17.4 Å². The third kappa shape index (κ3) is 4.72. The number of rotatable bonds is 6. The second-order valence-electron chi connectivity index (χ2n) is 7.42. The minimum atomic E-state index is 0.472. The van der Waals surface area contributed by atoms with Gasteiger partial charge in [-0.3, -0.25) is 4.99 Å². The van der Waals surface area contributed by atoms with Crippen molar-refractivity contribution in [3.63, 3.8) is 0 Å². The van der Waals surface area contributed by atoms with Crippen LogP contribution in [0.1, 0.15) is 25.6 Å². The van der Waals surface area contributed by atoms with E-state index in [2.05, 4.69) is 74.6 Å². The minimum Gasteiger partial charge on any atom is -0.363 e. The van der Waals surface area contributed by atoms with Gasteiger partial charge in [0.05, 0.1) is 22.6 Å². The van der Waals surface area contributed by atoms with E-state index in [0.717, 1.165) is 62.9 Å². The van der Waals surface area contributed by atoms with Crippen LogP contribution in [0.25, 0.3) is 11.0 Å². The summed E-state index contributed by atoms with van der Waals surface area (Å²) in [6, 6.07) is 13.1. The zero-order valence-electron chi connectivity index (χ0n) is 17.3. The molecule has 29 heavy (non-hydrogen) atoms. The number of aliphatic imine (C=N–C) groups is 1. The van der Waals surface area contributed by atoms with E-state index in [0.29, 0.717) is 6.04 Å². The summed E-state index contributed by atoms with van der Waals surface area (Å²) in [4.78, 5) is 12.0. The van der Waals surface area contributed by atoms with Crippen LogP contribution in [-0.4, -0.2) is 47.7 Å². The summed E-state index contributed by atoms with van der Waals surface area (Å²) in [5.74, 6) is 1.96. The third-order valence-electron chi connectivity index (χ3n) is 5.44. The van der Waals surface area contributed by atoms with E-state index in [9.17, 15) is 0 Å². The highest BCUT2D eigenvalue weighted by Crippen LogP contribution is 2.24. The second-order valence-corrected chi connectivity index (χ2v) is 8.34. The van der Waals surface area contributed by atoms with Gasteiger partial charge in [-0.2, -0.15) is 0 Å². The lowest BCUT2D eigenvalue weighted by molar-refractivity contribution is 0.462. The predicted molar refractivity (Wildman–Crippen MR) is 123 cm³/mol. The van der Waals surface area contributed by atoms with Gasteiger partial charge in [0, 0.05) is 32.2 Å². The number of nitrogens with zero attached hydrogens (tertiary/aromatic N) is 4. The number of hydrogen-bond donors (Lipinski definition) is 2. The average Bonchev–Trinajstić information content (AvgIpc) is 3.37. The van der Waals surface area contributed by atoms with Crippen LogP contribution in [0.15, 0.2) is 46.8 Å². The second kappa shape index (κ2) is 9.31. The number of aromatic nitrogens is 2. The Morgan fingerprint density at radius 3 is 2.79 bits per heavy atom. The number of para-hydroxylation sites is 2. The molecule has 6 nitrogen and oxygen atoms in total. The number of anilines is 1. The van der Waals surface area contributed by atoms with Gasteiger partial charge >= 0.3 is 0 Å². The third-order valence-corrected chi connectivity index (χ3v) is 6.37. The number of piperidine rings is 1. The average molecular weight is 411 g/mol. The maximum absolute atomic E-state index is 4.83. The Bertz CT molecular complexity index is 938. The Kier molecular flexibility index (Phi) is 6.34. The summed E-state index contributed by atoms with van der Waals surface area (Å²) in [6.45, 7) is 8.80. The molecule has 3 heterocycles. The molecule has 0 spiro atoms. The maximum atomic E-state index is 4.83. The van der Waals surface area contributed by atoms with E-state index < -0.39 is 0 Å². The van der Waals surface area contributed by atoms with Crippen molar-refractivity contribution in [2.24, 2.45) is 4.99 Å². The van der Waals surface area contributed by atoms with Crippen molar-refractivity contribution in [2.45, 2.75) is 39.3 Å². The Morgan fingerprint density at radius 1 is 1.21 bits per heavy atom. The molecule has 3 aromatic rings. The van der Waals surface area contributed by atoms with Gasteiger partial charge in [0.15, 0.2) is 5.96 Å². The first-order valence-corrected chi connectivity index (χ1v) is 11.4. The molecule has 2 N–H and O–H groups in total. The van der Waals surface area contributed by atoms with E-state index in [1.54, 1.807) is 0 Å². The molecule has 1 saturated heterocycles. The summed E-state index contributed by atoms with van der Waals surface area (Å²) >= 11 is 1.83. The predicted octanol–water partition coefficient (Wildman–Crippen LogP) is 3.63. The molecular formula is C22H30N6S. The van der Waals surface area contributed by atoms with Gasteiger partial charge in [0.2, 0.25) is 0 Å².